The first-order valence-corrected chi connectivity index (χ1v) is 6.89. The molecule has 0 amide bonds. The van der Waals surface area contributed by atoms with E-state index in [9.17, 15) is 0 Å². The maximum atomic E-state index is 7.84. The summed E-state index contributed by atoms with van der Waals surface area (Å²) in [7, 11) is 0. The second-order valence-electron chi connectivity index (χ2n) is 1.31. The summed E-state index contributed by atoms with van der Waals surface area (Å²) in [5.74, 6) is 0. The Morgan fingerprint density at radius 1 is 0.923 bits per heavy atom. The molecule has 0 bridgehead atoms. The summed E-state index contributed by atoms with van der Waals surface area (Å²) in [6, 6.07) is 0. The Hall–Kier alpha value is 0.837. The van der Waals surface area contributed by atoms with Crippen LogP contribution in [0.5, 0.6) is 0 Å². The van der Waals surface area contributed by atoms with Crippen LogP contribution in [0.3, 0.4) is 0 Å². The first-order chi connectivity index (χ1) is 6.24. The van der Waals surface area contributed by atoms with E-state index in [-0.39, 0.29) is 13.2 Å². The molecule has 2 atom stereocenters. The Kier molecular flexibility index (Phi) is 43.7. The fraction of sp³-hybridized carbons (Fsp3) is 1.00. The van der Waals surface area contributed by atoms with Crippen LogP contribution < -0.4 is 11.5 Å². The quantitative estimate of drug-likeness (QED) is 0.286. The molecule has 0 aromatic rings. The number of hydrogen-bond acceptors (Lipinski definition) is 7. The van der Waals surface area contributed by atoms with Gasteiger partial charge in [-0.3, -0.25) is 0 Å². The number of rotatable bonds is 4. The van der Waals surface area contributed by atoms with Gasteiger partial charge in [0.15, 0.2) is 0 Å². The Labute approximate surface area is 91.9 Å². The van der Waals surface area contributed by atoms with Crippen molar-refractivity contribution in [2.75, 3.05) is 26.3 Å². The Bertz CT molecular complexity index is 53.8. The van der Waals surface area contributed by atoms with Gasteiger partial charge in [-0.2, -0.15) is 0 Å². The fourth-order valence-corrected chi connectivity index (χ4v) is 0.551. The van der Waals surface area contributed by atoms with Crippen molar-refractivity contribution in [3.05, 3.63) is 0 Å². The van der Waals surface area contributed by atoms with Gasteiger partial charge in [0.25, 0.3) is 0 Å². The molecule has 9 heteroatoms. The Morgan fingerprint density at radius 2 is 1.15 bits per heavy atom. The molecule has 0 heterocycles. The van der Waals surface area contributed by atoms with Gasteiger partial charge in [0.05, 0.1) is 13.2 Å². The average Bonchev–Trinajstić information content (AvgIpc) is 2.20. The second-order valence-corrected chi connectivity index (χ2v) is 4.73. The van der Waals surface area contributed by atoms with E-state index < -0.39 is 32.9 Å². The van der Waals surface area contributed by atoms with Gasteiger partial charge in [-0.25, -0.2) is 0 Å². The molecule has 0 aliphatic rings. The Morgan fingerprint density at radius 3 is 1.15 bits per heavy atom. The van der Waals surface area contributed by atoms with Crippen molar-refractivity contribution in [1.82, 2.24) is 0 Å². The summed E-state index contributed by atoms with van der Waals surface area (Å²) in [6.07, 6.45) is 0. The van der Waals surface area contributed by atoms with E-state index in [4.69, 9.17) is 29.9 Å². The van der Waals surface area contributed by atoms with E-state index >= 15 is 0 Å². The normalized spacial score (nSPS) is 9.69. The molecular formula is C4H18As2N2O5. The monoisotopic (exact) mass is 324 g/mol. The minimum atomic E-state index is -1.19. The fourth-order valence-electron chi connectivity index (χ4n) is 0.0204. The first kappa shape index (κ1) is 19.4. The van der Waals surface area contributed by atoms with E-state index in [2.05, 4.69) is 2.72 Å². The zero-order valence-corrected chi connectivity index (χ0v) is 11.4. The standard InChI is InChI=1S/2C2H7NO.As2H4O3/c2*3-1-2-4;3-1-5-2-4/h2*4H,1-3H2;1-4H. The van der Waals surface area contributed by atoms with Crippen molar-refractivity contribution in [3.8, 4) is 0 Å². The molecule has 0 saturated carbocycles. The van der Waals surface area contributed by atoms with Crippen LogP contribution in [0.4, 0.5) is 0 Å². The van der Waals surface area contributed by atoms with E-state index in [1.54, 1.807) is 0 Å². The van der Waals surface area contributed by atoms with Crippen molar-refractivity contribution in [3.63, 3.8) is 0 Å². The summed E-state index contributed by atoms with van der Waals surface area (Å²) in [4.78, 5) is 0. The van der Waals surface area contributed by atoms with Crippen molar-refractivity contribution in [2.24, 2.45) is 11.5 Å². The first-order valence-electron chi connectivity index (χ1n) is 3.30. The molecule has 0 aromatic heterocycles. The van der Waals surface area contributed by atoms with Crippen LogP contribution in [-0.2, 0) is 2.72 Å². The molecule has 0 rings (SSSR count). The van der Waals surface area contributed by atoms with Crippen LogP contribution in [0.15, 0.2) is 0 Å². The van der Waals surface area contributed by atoms with E-state index in [1.807, 2.05) is 0 Å². The summed E-state index contributed by atoms with van der Waals surface area (Å²) >= 11 is -2.38. The van der Waals surface area contributed by atoms with Gasteiger partial charge in [-0.1, -0.05) is 0 Å². The Balaban J connectivity index is -0.000000117. The van der Waals surface area contributed by atoms with E-state index in [0.717, 1.165) is 0 Å². The molecule has 0 fully saturated rings. The van der Waals surface area contributed by atoms with Gasteiger partial charge in [0.1, 0.15) is 0 Å². The van der Waals surface area contributed by atoms with Gasteiger partial charge in [-0.15, -0.1) is 0 Å². The molecular weight excluding hydrogens is 306 g/mol. The van der Waals surface area contributed by atoms with E-state index in [0.29, 0.717) is 13.1 Å². The zero-order chi connectivity index (χ0) is 10.9. The third kappa shape index (κ3) is 64.4. The summed E-state index contributed by atoms with van der Waals surface area (Å²) < 4.78 is 19.9. The molecule has 13 heavy (non-hydrogen) atoms. The third-order valence-electron chi connectivity index (χ3n) is 0.349. The average molecular weight is 324 g/mol. The van der Waals surface area contributed by atoms with Gasteiger partial charge >= 0.3 is 43.8 Å². The van der Waals surface area contributed by atoms with Crippen LogP contribution in [-0.4, -0.2) is 77.6 Å². The number of nitrogens with two attached hydrogens (primary N) is 2. The van der Waals surface area contributed by atoms with Crippen molar-refractivity contribution < 1.29 is 21.1 Å². The van der Waals surface area contributed by atoms with Gasteiger partial charge < -0.3 is 21.7 Å². The van der Waals surface area contributed by atoms with Crippen molar-refractivity contribution >= 4 is 32.9 Å². The molecule has 0 aliphatic heterocycles. The maximum absolute atomic E-state index is 7.84. The van der Waals surface area contributed by atoms with Gasteiger partial charge in [0, 0.05) is 13.1 Å². The second kappa shape index (κ2) is 29.3. The molecule has 0 radical (unpaired) electrons. The summed E-state index contributed by atoms with van der Waals surface area (Å²) in [5.41, 5.74) is 9.56. The minimum absolute atomic E-state index is 0.0972. The van der Waals surface area contributed by atoms with Crippen LogP contribution in [0.1, 0.15) is 0 Å². The third-order valence-corrected chi connectivity index (χ3v) is 2.72. The molecule has 84 valence electrons. The number of aliphatic hydroxyl groups is 2. The van der Waals surface area contributed by atoms with Crippen molar-refractivity contribution in [1.29, 1.82) is 0 Å². The molecule has 2 unspecified atom stereocenters. The van der Waals surface area contributed by atoms with Crippen LogP contribution >= 0.6 is 0 Å². The molecule has 0 spiro atoms. The van der Waals surface area contributed by atoms with Crippen LogP contribution in [0.25, 0.3) is 0 Å². The van der Waals surface area contributed by atoms with Crippen LogP contribution in [0, 0.1) is 0 Å². The predicted molar refractivity (Wildman–Crippen MR) is 52.1 cm³/mol. The zero-order valence-electron chi connectivity index (χ0n) is 7.18. The van der Waals surface area contributed by atoms with Gasteiger partial charge in [0.2, 0.25) is 0 Å². The molecule has 0 saturated heterocycles. The van der Waals surface area contributed by atoms with Crippen LogP contribution in [0.2, 0.25) is 0 Å². The molecule has 7 nitrogen and oxygen atoms in total. The topological polar surface area (TPSA) is 142 Å². The predicted octanol–water partition coefficient (Wildman–Crippen LogP) is -4.60. The number of hydrogen-bond donors (Lipinski definition) is 6. The SMILES string of the molecule is NCCO.NCCO.O[AsH]O[AsH]O. The van der Waals surface area contributed by atoms with Gasteiger partial charge in [-0.05, 0) is 0 Å². The number of aliphatic hydroxyl groups excluding tert-OH is 2. The summed E-state index contributed by atoms with van der Waals surface area (Å²) in [5, 5.41) is 15.5. The summed E-state index contributed by atoms with van der Waals surface area (Å²) in [6.45, 7) is 0.944. The van der Waals surface area contributed by atoms with E-state index in [1.165, 1.54) is 0 Å². The molecule has 8 N–H and O–H groups in total. The molecule has 0 aliphatic carbocycles. The molecule has 0 aromatic carbocycles. The van der Waals surface area contributed by atoms with Crippen molar-refractivity contribution in [2.45, 2.75) is 0 Å².